The molecule has 0 aliphatic heterocycles. The van der Waals surface area contributed by atoms with Gasteiger partial charge in [0.15, 0.2) is 11.6 Å². The first-order valence-electron chi connectivity index (χ1n) is 11.2. The average Bonchev–Trinajstić information content (AvgIpc) is 2.84. The molecule has 0 atom stereocenters. The van der Waals surface area contributed by atoms with Crippen molar-refractivity contribution in [1.29, 1.82) is 0 Å². The van der Waals surface area contributed by atoms with Crippen molar-refractivity contribution in [2.24, 2.45) is 0 Å². The number of nitrogens with two attached hydrogens (primary N) is 1. The lowest BCUT2D eigenvalue weighted by Crippen LogP contribution is -2.01. The van der Waals surface area contributed by atoms with Gasteiger partial charge in [0, 0.05) is 36.0 Å². The molecule has 2 aromatic carbocycles. The van der Waals surface area contributed by atoms with Crippen molar-refractivity contribution in [3.8, 4) is 0 Å². The zero-order valence-electron chi connectivity index (χ0n) is 21.2. The molecule has 0 amide bonds. The van der Waals surface area contributed by atoms with Crippen molar-refractivity contribution in [3.05, 3.63) is 59.7 Å². The molecule has 0 unspecified atom stereocenters. The summed E-state index contributed by atoms with van der Waals surface area (Å²) >= 11 is 0. The van der Waals surface area contributed by atoms with Gasteiger partial charge in [0.2, 0.25) is 0 Å². The summed E-state index contributed by atoms with van der Waals surface area (Å²) in [5.41, 5.74) is 8.34. The number of carbonyl (C=O) groups excluding carboxylic acids is 2. The van der Waals surface area contributed by atoms with Crippen LogP contribution in [0, 0.1) is 0 Å². The second kappa shape index (κ2) is 26.4. The lowest BCUT2D eigenvalue weighted by Gasteiger charge is -2.05. The summed E-state index contributed by atoms with van der Waals surface area (Å²) in [5.74, 6) is 0.193. The van der Waals surface area contributed by atoms with Crippen LogP contribution >= 0.6 is 0 Å². The highest BCUT2D eigenvalue weighted by Crippen LogP contribution is 2.15. The van der Waals surface area contributed by atoms with Crippen LogP contribution in [0.5, 0.6) is 0 Å². The summed E-state index contributed by atoms with van der Waals surface area (Å²) in [4.78, 5) is 22.1. The molecule has 0 radical (unpaired) electrons. The fourth-order valence-corrected chi connectivity index (χ4v) is 1.95. The van der Waals surface area contributed by atoms with E-state index < -0.39 is 0 Å². The minimum Gasteiger partial charge on any atom is -0.398 e. The smallest absolute Gasteiger partial charge is 0.164 e. The topological polar surface area (TPSA) is 72.2 Å². The van der Waals surface area contributed by atoms with E-state index in [1.807, 2.05) is 99.7 Å². The van der Waals surface area contributed by atoms with Crippen LogP contribution in [-0.2, 0) is 0 Å². The molecule has 0 bridgehead atoms. The van der Waals surface area contributed by atoms with Gasteiger partial charge in [0.1, 0.15) is 0 Å². The second-order valence-electron chi connectivity index (χ2n) is 4.72. The van der Waals surface area contributed by atoms with Crippen molar-refractivity contribution in [2.45, 2.75) is 75.7 Å². The van der Waals surface area contributed by atoms with E-state index in [2.05, 4.69) is 5.32 Å². The molecule has 0 aliphatic rings. The molecule has 4 nitrogen and oxygen atoms in total. The van der Waals surface area contributed by atoms with Gasteiger partial charge in [-0.3, -0.25) is 9.59 Å². The summed E-state index contributed by atoms with van der Waals surface area (Å²) in [6, 6.07) is 14.6. The van der Waals surface area contributed by atoms with Gasteiger partial charge in [-0.05, 0) is 31.2 Å². The highest BCUT2D eigenvalue weighted by molar-refractivity contribution is 6.01. The molecule has 0 fully saturated rings. The fraction of sp³-hybridized carbons (Fsp3) is 0.462. The zero-order chi connectivity index (χ0) is 24.5. The maximum Gasteiger partial charge on any atom is 0.164 e. The van der Waals surface area contributed by atoms with Crippen LogP contribution in [-0.4, -0.2) is 18.6 Å². The Labute approximate surface area is 186 Å². The lowest BCUT2D eigenvalue weighted by atomic mass is 10.1. The Hall–Kier alpha value is -2.62. The third kappa shape index (κ3) is 15.3. The number of carbonyl (C=O) groups is 2. The Morgan fingerprint density at radius 2 is 1.17 bits per heavy atom. The van der Waals surface area contributed by atoms with Gasteiger partial charge in [-0.2, -0.15) is 0 Å². The Morgan fingerprint density at radius 3 is 1.50 bits per heavy atom. The highest BCUT2D eigenvalue weighted by atomic mass is 16.1. The number of nitrogens with one attached hydrogen (secondary N) is 1. The van der Waals surface area contributed by atoms with E-state index in [-0.39, 0.29) is 11.6 Å². The maximum atomic E-state index is 11.4. The quantitative estimate of drug-likeness (QED) is 0.391. The molecular weight excluding hydrogens is 372 g/mol. The normalized spacial score (nSPS) is 7.70. The standard InChI is InChI=1S/C10H13NO.C8H9NO.4C2H6/c1-3-10(12)8-6-4-5-7-9(8)11-2;1-6(10)7-4-2-3-5-8(7)9;4*1-2/h4-7,11H,3H2,1-2H3;2-5H,9H2,1H3;4*1-2H3. The van der Waals surface area contributed by atoms with E-state index in [0.29, 0.717) is 17.7 Å². The minimum absolute atomic E-state index is 0.0121. The molecular formula is C26H46N2O2. The van der Waals surface area contributed by atoms with Gasteiger partial charge in [-0.25, -0.2) is 0 Å². The van der Waals surface area contributed by atoms with E-state index in [1.54, 1.807) is 18.2 Å². The molecule has 0 saturated carbocycles. The SMILES string of the molecule is CC.CC.CC.CC.CC(=O)c1ccccc1N.CCC(=O)c1ccccc1NC. The van der Waals surface area contributed by atoms with Gasteiger partial charge in [0.25, 0.3) is 0 Å². The van der Waals surface area contributed by atoms with E-state index in [4.69, 9.17) is 5.73 Å². The summed E-state index contributed by atoms with van der Waals surface area (Å²) in [7, 11) is 1.82. The number of hydrogen-bond acceptors (Lipinski definition) is 4. The number of rotatable bonds is 4. The zero-order valence-corrected chi connectivity index (χ0v) is 21.2. The lowest BCUT2D eigenvalue weighted by molar-refractivity contribution is 0.0986. The predicted molar refractivity (Wildman–Crippen MR) is 137 cm³/mol. The maximum absolute atomic E-state index is 11.4. The summed E-state index contributed by atoms with van der Waals surface area (Å²) in [6.07, 6.45) is 0.554. The highest BCUT2D eigenvalue weighted by Gasteiger charge is 2.06. The third-order valence-electron chi connectivity index (χ3n) is 3.16. The number of hydrogen-bond donors (Lipinski definition) is 2. The molecule has 0 saturated heterocycles. The van der Waals surface area contributed by atoms with Crippen LogP contribution in [0.2, 0.25) is 0 Å². The van der Waals surface area contributed by atoms with Gasteiger partial charge in [-0.1, -0.05) is 86.6 Å². The van der Waals surface area contributed by atoms with Crippen molar-refractivity contribution >= 4 is 22.9 Å². The number of anilines is 2. The summed E-state index contributed by atoms with van der Waals surface area (Å²) < 4.78 is 0. The van der Waals surface area contributed by atoms with Gasteiger partial charge in [-0.15, -0.1) is 0 Å². The minimum atomic E-state index is 0.0121. The molecule has 0 heterocycles. The molecule has 172 valence electrons. The van der Waals surface area contributed by atoms with E-state index in [1.165, 1.54) is 6.92 Å². The van der Waals surface area contributed by atoms with E-state index in [9.17, 15) is 9.59 Å². The first-order chi connectivity index (χ1) is 14.5. The molecule has 2 rings (SSSR count). The third-order valence-corrected chi connectivity index (χ3v) is 3.16. The van der Waals surface area contributed by atoms with Crippen LogP contribution in [0.4, 0.5) is 11.4 Å². The number of para-hydroxylation sites is 2. The first-order valence-corrected chi connectivity index (χ1v) is 11.2. The van der Waals surface area contributed by atoms with Gasteiger partial charge < -0.3 is 11.1 Å². The average molecular weight is 419 g/mol. The number of Topliss-reactive ketones (excluding diaryl/α,β-unsaturated/α-hetero) is 2. The fourth-order valence-electron chi connectivity index (χ4n) is 1.95. The molecule has 3 N–H and O–H groups in total. The largest absolute Gasteiger partial charge is 0.398 e. The number of nitrogen functional groups attached to an aromatic ring is 1. The molecule has 30 heavy (non-hydrogen) atoms. The van der Waals surface area contributed by atoms with Gasteiger partial charge in [0.05, 0.1) is 0 Å². The summed E-state index contributed by atoms with van der Waals surface area (Å²) in [6.45, 7) is 19.4. The Balaban J connectivity index is -0.000000170. The monoisotopic (exact) mass is 418 g/mol. The van der Waals surface area contributed by atoms with Crippen molar-refractivity contribution in [1.82, 2.24) is 0 Å². The molecule has 0 aliphatic carbocycles. The number of benzene rings is 2. The van der Waals surface area contributed by atoms with Crippen LogP contribution in [0.1, 0.15) is 96.4 Å². The van der Waals surface area contributed by atoms with Crippen LogP contribution in [0.3, 0.4) is 0 Å². The second-order valence-corrected chi connectivity index (χ2v) is 4.72. The predicted octanol–water partition coefficient (Wildman–Crippen LogP) is 7.90. The van der Waals surface area contributed by atoms with E-state index >= 15 is 0 Å². The molecule has 0 aromatic heterocycles. The van der Waals surface area contributed by atoms with Crippen LogP contribution in [0.25, 0.3) is 0 Å². The molecule has 0 spiro atoms. The van der Waals surface area contributed by atoms with E-state index in [0.717, 1.165) is 11.3 Å². The van der Waals surface area contributed by atoms with Crippen molar-refractivity contribution in [3.63, 3.8) is 0 Å². The van der Waals surface area contributed by atoms with Crippen LogP contribution < -0.4 is 11.1 Å². The molecule has 4 heteroatoms. The Bertz CT molecular complexity index is 653. The Kier molecular flexibility index (Phi) is 30.7. The Morgan fingerprint density at radius 1 is 0.767 bits per heavy atom. The van der Waals surface area contributed by atoms with Crippen molar-refractivity contribution in [2.75, 3.05) is 18.1 Å². The van der Waals surface area contributed by atoms with Gasteiger partial charge >= 0.3 is 0 Å². The van der Waals surface area contributed by atoms with Crippen LogP contribution in [0.15, 0.2) is 48.5 Å². The number of ketones is 2. The molecule has 2 aromatic rings. The first kappa shape index (κ1) is 34.9. The van der Waals surface area contributed by atoms with Crippen molar-refractivity contribution < 1.29 is 9.59 Å². The summed E-state index contributed by atoms with van der Waals surface area (Å²) in [5, 5.41) is 2.99.